The van der Waals surface area contributed by atoms with Gasteiger partial charge >= 0.3 is 22.5 Å². The van der Waals surface area contributed by atoms with Gasteiger partial charge in [-0.1, -0.05) is 32.4 Å². The Labute approximate surface area is 230 Å². The lowest BCUT2D eigenvalue weighted by molar-refractivity contribution is -0.137. The van der Waals surface area contributed by atoms with Crippen LogP contribution in [0.2, 0.25) is 5.02 Å². The largest absolute Gasteiger partial charge is 0.491 e. The number of ether oxygens (including phenoxy) is 3. The van der Waals surface area contributed by atoms with Gasteiger partial charge in [-0.2, -0.15) is 30.6 Å². The van der Waals surface area contributed by atoms with E-state index in [-0.39, 0.29) is 36.7 Å². The summed E-state index contributed by atoms with van der Waals surface area (Å²) in [5.41, 5.74) is -1.01. The maximum absolute atomic E-state index is 13.2. The number of aromatic nitrogens is 1. The highest BCUT2D eigenvalue weighted by Gasteiger charge is 2.37. The summed E-state index contributed by atoms with van der Waals surface area (Å²) >= 11 is 6.02. The summed E-state index contributed by atoms with van der Waals surface area (Å²) < 4.78 is 84.5. The maximum atomic E-state index is 13.2. The molecule has 218 valence electrons. The molecule has 39 heavy (non-hydrogen) atoms. The van der Waals surface area contributed by atoms with E-state index < -0.39 is 51.0 Å². The van der Waals surface area contributed by atoms with Crippen molar-refractivity contribution in [3.63, 3.8) is 0 Å². The summed E-state index contributed by atoms with van der Waals surface area (Å²) in [6.45, 7) is 5.47. The van der Waals surface area contributed by atoms with Crippen molar-refractivity contribution in [1.29, 1.82) is 0 Å². The van der Waals surface area contributed by atoms with Crippen LogP contribution < -0.4 is 14.2 Å². The van der Waals surface area contributed by atoms with E-state index in [4.69, 9.17) is 25.8 Å². The van der Waals surface area contributed by atoms with E-state index in [9.17, 15) is 31.5 Å². The average Bonchev–Trinajstić information content (AvgIpc) is 2.86. The molecule has 0 saturated carbocycles. The van der Waals surface area contributed by atoms with Gasteiger partial charge in [-0.15, -0.1) is 0 Å². The Kier molecular flexibility index (Phi) is 11.6. The van der Waals surface area contributed by atoms with E-state index >= 15 is 0 Å². The van der Waals surface area contributed by atoms with Gasteiger partial charge in [-0.05, 0) is 37.5 Å². The van der Waals surface area contributed by atoms with E-state index in [0.717, 1.165) is 0 Å². The molecule has 10 nitrogen and oxygen atoms in total. The SMILES string of the molecule is CCC(CC)NS(=O)(=O)N(C(=O)O)C(CC)c1ccc(OCCOC)cc1Oc1ncc(C(F)(F)F)cc1Cl. The standard InChI is InChI=1S/C24H31ClF3N3O7S/c1-5-16(6-2)30-39(34,35)31(23(32)33)20(7-3)18-9-8-17(37-11-10-36-4)13-21(18)38-22-19(25)12-15(14-29-22)24(26,27)28/h8-9,12-14,16,20,30H,5-7,10-11H2,1-4H3,(H,32,33). The summed E-state index contributed by atoms with van der Waals surface area (Å²) in [5.74, 6) is -0.284. The molecule has 2 rings (SSSR count). The number of carboxylic acid groups (broad SMARTS) is 1. The molecule has 1 unspecified atom stereocenters. The molecule has 1 amide bonds. The molecule has 0 saturated heterocycles. The smallest absolute Gasteiger partial charge is 0.422 e. The first-order valence-corrected chi connectivity index (χ1v) is 13.8. The molecule has 1 aromatic heterocycles. The number of pyridine rings is 1. The number of amides is 1. The third-order valence-electron chi connectivity index (χ3n) is 5.66. The molecule has 0 bridgehead atoms. The topological polar surface area (TPSA) is 127 Å². The van der Waals surface area contributed by atoms with Gasteiger partial charge in [0.05, 0.1) is 18.2 Å². The fourth-order valence-electron chi connectivity index (χ4n) is 3.61. The second-order valence-electron chi connectivity index (χ2n) is 8.29. The molecule has 2 N–H and O–H groups in total. The highest BCUT2D eigenvalue weighted by molar-refractivity contribution is 7.87. The third kappa shape index (κ3) is 8.59. The summed E-state index contributed by atoms with van der Waals surface area (Å²) in [6.07, 6.45) is -5.05. The number of nitrogens with zero attached hydrogens (tertiary/aromatic N) is 2. The molecular formula is C24H31ClF3N3O7S. The van der Waals surface area contributed by atoms with Crippen molar-refractivity contribution in [2.24, 2.45) is 0 Å². The second-order valence-corrected chi connectivity index (χ2v) is 10.3. The van der Waals surface area contributed by atoms with Crippen LogP contribution in [0, 0.1) is 0 Å². The van der Waals surface area contributed by atoms with Gasteiger partial charge in [0, 0.05) is 31.0 Å². The van der Waals surface area contributed by atoms with E-state index in [1.54, 1.807) is 20.8 Å². The molecule has 0 aliphatic carbocycles. The fourth-order valence-corrected chi connectivity index (χ4v) is 5.49. The van der Waals surface area contributed by atoms with Crippen LogP contribution in [0.25, 0.3) is 0 Å². The Morgan fingerprint density at radius 1 is 1.15 bits per heavy atom. The van der Waals surface area contributed by atoms with Crippen LogP contribution in [0.4, 0.5) is 18.0 Å². The van der Waals surface area contributed by atoms with E-state index in [1.807, 2.05) is 0 Å². The molecule has 1 aromatic carbocycles. The first-order chi connectivity index (χ1) is 18.3. The molecule has 0 aliphatic heterocycles. The zero-order chi connectivity index (χ0) is 29.4. The minimum absolute atomic E-state index is 0.00939. The monoisotopic (exact) mass is 597 g/mol. The molecule has 2 aromatic rings. The van der Waals surface area contributed by atoms with Gasteiger partial charge in [0.15, 0.2) is 0 Å². The summed E-state index contributed by atoms with van der Waals surface area (Å²) in [4.78, 5) is 15.9. The Bertz CT molecular complexity index is 1230. The van der Waals surface area contributed by atoms with Crippen molar-refractivity contribution in [1.82, 2.24) is 14.0 Å². The minimum Gasteiger partial charge on any atom is -0.491 e. The summed E-state index contributed by atoms with van der Waals surface area (Å²) in [7, 11) is -3.06. The molecule has 1 atom stereocenters. The van der Waals surface area contributed by atoms with Gasteiger partial charge in [-0.25, -0.2) is 9.78 Å². The number of benzene rings is 1. The molecule has 0 radical (unpaired) electrons. The van der Waals surface area contributed by atoms with Gasteiger partial charge in [0.25, 0.3) is 0 Å². The van der Waals surface area contributed by atoms with Gasteiger partial charge < -0.3 is 19.3 Å². The molecule has 0 aliphatic rings. The van der Waals surface area contributed by atoms with E-state index in [0.29, 0.717) is 29.4 Å². The quantitative estimate of drug-likeness (QED) is 0.253. The Morgan fingerprint density at radius 2 is 1.82 bits per heavy atom. The molecule has 15 heteroatoms. The van der Waals surface area contributed by atoms with Gasteiger partial charge in [-0.3, -0.25) is 0 Å². The first-order valence-electron chi connectivity index (χ1n) is 12.0. The number of nitrogens with one attached hydrogen (secondary N) is 1. The number of carbonyl (C=O) groups is 1. The number of hydrogen-bond donors (Lipinski definition) is 2. The lowest BCUT2D eigenvalue weighted by atomic mass is 10.0. The highest BCUT2D eigenvalue weighted by Crippen LogP contribution is 2.40. The molecular weight excluding hydrogens is 567 g/mol. The zero-order valence-electron chi connectivity index (χ0n) is 21.8. The van der Waals surface area contributed by atoms with Crippen molar-refractivity contribution in [3.05, 3.63) is 46.6 Å². The third-order valence-corrected chi connectivity index (χ3v) is 7.49. The molecule has 1 heterocycles. The minimum atomic E-state index is -4.69. The number of halogens is 4. The number of methoxy groups -OCH3 is 1. The zero-order valence-corrected chi connectivity index (χ0v) is 23.4. The van der Waals surface area contributed by atoms with Crippen LogP contribution in [0.5, 0.6) is 17.4 Å². The van der Waals surface area contributed by atoms with Crippen LogP contribution >= 0.6 is 11.6 Å². The van der Waals surface area contributed by atoms with E-state index in [2.05, 4.69) is 9.71 Å². The molecule has 0 fully saturated rings. The van der Waals surface area contributed by atoms with Crippen molar-refractivity contribution in [3.8, 4) is 17.4 Å². The predicted octanol–water partition coefficient (Wildman–Crippen LogP) is 6.03. The summed E-state index contributed by atoms with van der Waals surface area (Å²) in [5, 5.41) is 9.48. The first kappa shape index (κ1) is 32.4. The van der Waals surface area contributed by atoms with Gasteiger partial charge in [0.1, 0.15) is 23.1 Å². The van der Waals surface area contributed by atoms with Crippen molar-refractivity contribution in [2.45, 2.75) is 58.3 Å². The lowest BCUT2D eigenvalue weighted by Crippen LogP contribution is -2.48. The van der Waals surface area contributed by atoms with Crippen LogP contribution in [-0.2, 0) is 21.1 Å². The Morgan fingerprint density at radius 3 is 2.33 bits per heavy atom. The average molecular weight is 598 g/mol. The van der Waals surface area contributed by atoms with Gasteiger partial charge in [0.2, 0.25) is 5.88 Å². The van der Waals surface area contributed by atoms with Crippen LogP contribution in [0.1, 0.15) is 57.2 Å². The van der Waals surface area contributed by atoms with Crippen molar-refractivity contribution in [2.75, 3.05) is 20.3 Å². The number of rotatable bonds is 14. The lowest BCUT2D eigenvalue weighted by Gasteiger charge is -2.31. The van der Waals surface area contributed by atoms with Crippen LogP contribution in [0.3, 0.4) is 0 Å². The summed E-state index contributed by atoms with van der Waals surface area (Å²) in [6, 6.07) is 3.06. The Hall–Kier alpha value is -2.81. The number of hydrogen-bond acceptors (Lipinski definition) is 7. The van der Waals surface area contributed by atoms with Crippen LogP contribution in [-0.4, -0.2) is 55.3 Å². The fraction of sp³-hybridized carbons (Fsp3) is 0.500. The molecule has 0 spiro atoms. The van der Waals surface area contributed by atoms with Crippen molar-refractivity contribution < 1.29 is 45.7 Å². The predicted molar refractivity (Wildman–Crippen MR) is 137 cm³/mol. The van der Waals surface area contributed by atoms with E-state index in [1.165, 1.54) is 25.3 Å². The normalized spacial score (nSPS) is 12.8. The second kappa shape index (κ2) is 14.0. The van der Waals surface area contributed by atoms with Crippen molar-refractivity contribution >= 4 is 27.9 Å². The van der Waals surface area contributed by atoms with Crippen LogP contribution in [0.15, 0.2) is 30.5 Å². The Balaban J connectivity index is 2.62. The highest BCUT2D eigenvalue weighted by atomic mass is 35.5. The number of alkyl halides is 3. The maximum Gasteiger partial charge on any atom is 0.422 e.